The molecule has 0 unspecified atom stereocenters. The molecule has 0 radical (unpaired) electrons. The van der Waals surface area contributed by atoms with E-state index >= 15 is 0 Å². The van der Waals surface area contributed by atoms with Gasteiger partial charge >= 0.3 is 0 Å². The number of carbonyl (C=O) groups is 2. The molecule has 2 amide bonds. The lowest BCUT2D eigenvalue weighted by atomic mass is 9.83. The summed E-state index contributed by atoms with van der Waals surface area (Å²) in [4.78, 5) is 42.6. The zero-order valence-electron chi connectivity index (χ0n) is 16.5. The monoisotopic (exact) mass is 409 g/mol. The van der Waals surface area contributed by atoms with Crippen LogP contribution in [0.1, 0.15) is 45.4 Å². The number of ether oxygens (including phenoxy) is 1. The van der Waals surface area contributed by atoms with Crippen LogP contribution in [0, 0.1) is 5.92 Å². The average molecular weight is 409 g/mol. The van der Waals surface area contributed by atoms with Crippen molar-refractivity contribution >= 4 is 11.8 Å². The van der Waals surface area contributed by atoms with Crippen molar-refractivity contribution in [3.63, 3.8) is 0 Å². The molecule has 6 rings (SSSR count). The zero-order chi connectivity index (χ0) is 20.4. The van der Waals surface area contributed by atoms with Gasteiger partial charge in [0.2, 0.25) is 0 Å². The fourth-order valence-electron chi connectivity index (χ4n) is 5.63. The topological polar surface area (TPSA) is 85.0 Å². The van der Waals surface area contributed by atoms with Gasteiger partial charge in [-0.15, -0.1) is 0 Å². The number of furan rings is 1. The largest absolute Gasteiger partial charge is 0.459 e. The van der Waals surface area contributed by atoms with Crippen LogP contribution in [0.4, 0.5) is 0 Å². The van der Waals surface area contributed by atoms with Crippen LogP contribution in [0.2, 0.25) is 0 Å². The van der Waals surface area contributed by atoms with Crippen molar-refractivity contribution in [2.24, 2.45) is 5.92 Å². The minimum Gasteiger partial charge on any atom is -0.459 e. The van der Waals surface area contributed by atoms with Crippen LogP contribution in [0.3, 0.4) is 0 Å². The normalized spacial score (nSPS) is 29.2. The third-order valence-electron chi connectivity index (χ3n) is 7.02. The Kier molecular flexibility index (Phi) is 3.93. The summed E-state index contributed by atoms with van der Waals surface area (Å²) < 4.78 is 12.6. The number of hydrogen-bond donors (Lipinski definition) is 0. The maximum atomic E-state index is 13.2. The minimum absolute atomic E-state index is 0.0866. The molecule has 2 aromatic heterocycles. The molecule has 0 aliphatic carbocycles. The highest BCUT2D eigenvalue weighted by molar-refractivity contribution is 5.94. The SMILES string of the molecule is O=C(c1ccco1)N1C[C@@H]2C[C@H](C1)c1ccc(C(=O)N3C[C@H]4C[C@@H]3CO4)c(=O)n1C2. The van der Waals surface area contributed by atoms with E-state index in [2.05, 4.69) is 0 Å². The second kappa shape index (κ2) is 6.57. The quantitative estimate of drug-likeness (QED) is 0.747. The molecule has 4 aliphatic rings. The summed E-state index contributed by atoms with van der Waals surface area (Å²) in [5.74, 6) is 0.330. The lowest BCUT2D eigenvalue weighted by Crippen LogP contribution is -2.50. The number of amides is 2. The van der Waals surface area contributed by atoms with E-state index in [9.17, 15) is 14.4 Å². The number of carbonyl (C=O) groups excluding carboxylic acids is 2. The van der Waals surface area contributed by atoms with Crippen molar-refractivity contribution in [1.29, 1.82) is 0 Å². The summed E-state index contributed by atoms with van der Waals surface area (Å²) in [5, 5.41) is 0. The highest BCUT2D eigenvalue weighted by Gasteiger charge is 2.43. The van der Waals surface area contributed by atoms with Gasteiger partial charge in [0.25, 0.3) is 17.4 Å². The summed E-state index contributed by atoms with van der Waals surface area (Å²) in [6.45, 7) is 2.80. The van der Waals surface area contributed by atoms with Gasteiger partial charge in [-0.3, -0.25) is 14.4 Å². The summed E-state index contributed by atoms with van der Waals surface area (Å²) in [6.07, 6.45) is 3.42. The van der Waals surface area contributed by atoms with Gasteiger partial charge in [0.15, 0.2) is 5.76 Å². The number of likely N-dealkylation sites (tertiary alicyclic amines) is 2. The van der Waals surface area contributed by atoms with Crippen LogP contribution < -0.4 is 5.56 Å². The number of rotatable bonds is 2. The predicted octanol–water partition coefficient (Wildman–Crippen LogP) is 1.31. The van der Waals surface area contributed by atoms with E-state index in [4.69, 9.17) is 9.15 Å². The first-order chi connectivity index (χ1) is 14.6. The Morgan fingerprint density at radius 1 is 1.00 bits per heavy atom. The minimum atomic E-state index is -0.207. The van der Waals surface area contributed by atoms with E-state index in [0.717, 1.165) is 18.5 Å². The number of piperidine rings is 1. The standard InChI is InChI=1S/C22H23N3O5/c26-20(24-11-16-7-15(24)12-30-16)17-3-4-18-14-6-13(9-25(18)21(17)27)8-23(10-14)22(28)19-2-1-5-29-19/h1-5,13-16H,6-12H2/t13-,14+,15+,16+/m0/s1. The van der Waals surface area contributed by atoms with Crippen LogP contribution in [0.25, 0.3) is 0 Å². The summed E-state index contributed by atoms with van der Waals surface area (Å²) in [6, 6.07) is 7.06. The van der Waals surface area contributed by atoms with Crippen molar-refractivity contribution in [3.8, 4) is 0 Å². The molecule has 4 aliphatic heterocycles. The van der Waals surface area contributed by atoms with Gasteiger partial charge < -0.3 is 23.5 Å². The maximum Gasteiger partial charge on any atom is 0.289 e. The molecule has 8 nitrogen and oxygen atoms in total. The molecular weight excluding hydrogens is 386 g/mol. The second-order valence-electron chi connectivity index (χ2n) is 8.88. The predicted molar refractivity (Wildman–Crippen MR) is 105 cm³/mol. The third-order valence-corrected chi connectivity index (χ3v) is 7.02. The highest BCUT2D eigenvalue weighted by atomic mass is 16.5. The first-order valence-electron chi connectivity index (χ1n) is 10.6. The van der Waals surface area contributed by atoms with E-state index < -0.39 is 0 Å². The van der Waals surface area contributed by atoms with Crippen molar-refractivity contribution in [3.05, 3.63) is 57.9 Å². The molecule has 3 saturated heterocycles. The van der Waals surface area contributed by atoms with Crippen LogP contribution in [0.5, 0.6) is 0 Å². The van der Waals surface area contributed by atoms with Gasteiger partial charge in [-0.25, -0.2) is 0 Å². The van der Waals surface area contributed by atoms with Gasteiger partial charge in [0.1, 0.15) is 5.56 Å². The van der Waals surface area contributed by atoms with Gasteiger partial charge in [-0.1, -0.05) is 0 Å². The molecule has 0 saturated carbocycles. The van der Waals surface area contributed by atoms with Gasteiger partial charge in [0, 0.05) is 37.8 Å². The van der Waals surface area contributed by atoms with E-state index in [-0.39, 0.29) is 46.9 Å². The molecule has 0 N–H and O–H groups in total. The Labute approximate surface area is 173 Å². The molecule has 0 aromatic carbocycles. The van der Waals surface area contributed by atoms with E-state index in [0.29, 0.717) is 38.5 Å². The third kappa shape index (κ3) is 2.66. The molecular formula is C22H23N3O5. The molecule has 156 valence electrons. The van der Waals surface area contributed by atoms with Gasteiger partial charge in [-0.05, 0) is 43.0 Å². The number of nitrogens with zero attached hydrogens (tertiary/aromatic N) is 3. The number of aromatic nitrogens is 1. The first-order valence-corrected chi connectivity index (χ1v) is 10.6. The van der Waals surface area contributed by atoms with E-state index in [1.54, 1.807) is 27.7 Å². The average Bonchev–Trinajstić information content (AvgIpc) is 3.52. The number of fused-ring (bicyclic) bond motifs is 6. The summed E-state index contributed by atoms with van der Waals surface area (Å²) in [5.41, 5.74) is 0.951. The van der Waals surface area contributed by atoms with E-state index in [1.165, 1.54) is 6.26 Å². The highest BCUT2D eigenvalue weighted by Crippen LogP contribution is 2.36. The molecule has 4 atom stereocenters. The number of hydrogen-bond acceptors (Lipinski definition) is 5. The summed E-state index contributed by atoms with van der Waals surface area (Å²) in [7, 11) is 0. The van der Waals surface area contributed by atoms with Crippen LogP contribution >= 0.6 is 0 Å². The molecule has 3 fully saturated rings. The summed E-state index contributed by atoms with van der Waals surface area (Å²) >= 11 is 0. The van der Waals surface area contributed by atoms with Crippen LogP contribution in [0.15, 0.2) is 39.7 Å². The lowest BCUT2D eigenvalue weighted by Gasteiger charge is -2.42. The van der Waals surface area contributed by atoms with Gasteiger partial charge in [0.05, 0.1) is 25.0 Å². The Balaban J connectivity index is 1.28. The first kappa shape index (κ1) is 17.9. The lowest BCUT2D eigenvalue weighted by molar-refractivity contribution is 0.0257. The van der Waals surface area contributed by atoms with E-state index in [1.807, 2.05) is 11.0 Å². The van der Waals surface area contributed by atoms with Crippen LogP contribution in [-0.4, -0.2) is 64.6 Å². The second-order valence-corrected chi connectivity index (χ2v) is 8.88. The fourth-order valence-corrected chi connectivity index (χ4v) is 5.63. The maximum absolute atomic E-state index is 13.2. The number of pyridine rings is 1. The van der Waals surface area contributed by atoms with Gasteiger partial charge in [-0.2, -0.15) is 0 Å². The number of morpholine rings is 1. The Bertz CT molecular complexity index is 1070. The van der Waals surface area contributed by atoms with Crippen molar-refractivity contribution in [2.75, 3.05) is 26.2 Å². The smallest absolute Gasteiger partial charge is 0.289 e. The molecule has 2 aromatic rings. The van der Waals surface area contributed by atoms with Crippen molar-refractivity contribution in [2.45, 2.75) is 37.5 Å². The van der Waals surface area contributed by atoms with Crippen molar-refractivity contribution < 1.29 is 18.7 Å². The fraction of sp³-hybridized carbons (Fsp3) is 0.500. The van der Waals surface area contributed by atoms with Crippen LogP contribution in [-0.2, 0) is 11.3 Å². The van der Waals surface area contributed by atoms with Crippen molar-refractivity contribution in [1.82, 2.24) is 14.4 Å². The molecule has 0 spiro atoms. The molecule has 30 heavy (non-hydrogen) atoms. The molecule has 8 heteroatoms. The zero-order valence-corrected chi connectivity index (χ0v) is 16.5. The Hall–Kier alpha value is -2.87. The molecule has 6 heterocycles. The molecule has 4 bridgehead atoms. The Morgan fingerprint density at radius 3 is 2.63 bits per heavy atom. The Morgan fingerprint density at radius 2 is 1.90 bits per heavy atom.